The molecule has 1 unspecified atom stereocenters. The van der Waals surface area contributed by atoms with E-state index >= 15 is 0 Å². The molecule has 5 nitrogen and oxygen atoms in total. The van der Waals surface area contributed by atoms with Crippen LogP contribution in [0.4, 0.5) is 0 Å². The number of aryl methyl sites for hydroxylation is 1. The molecular formula is C32H42N2O3. The van der Waals surface area contributed by atoms with Crippen LogP contribution in [-0.4, -0.2) is 28.6 Å². The molecule has 0 N–H and O–H groups in total. The van der Waals surface area contributed by atoms with Crippen molar-refractivity contribution in [1.82, 2.24) is 9.97 Å². The molecular weight excluding hydrogens is 460 g/mol. The Morgan fingerprint density at radius 2 is 1.30 bits per heavy atom. The smallest absolute Gasteiger partial charge is 0.347 e. The molecule has 1 heterocycles. The molecule has 0 amide bonds. The van der Waals surface area contributed by atoms with Gasteiger partial charge in [-0.3, -0.25) is 0 Å². The van der Waals surface area contributed by atoms with E-state index in [9.17, 15) is 4.79 Å². The number of unbranched alkanes of at least 4 members (excludes halogenated alkanes) is 8. The Hall–Kier alpha value is -3.21. The molecule has 3 aromatic rings. The van der Waals surface area contributed by atoms with Crippen molar-refractivity contribution in [2.75, 3.05) is 6.61 Å². The van der Waals surface area contributed by atoms with Crippen molar-refractivity contribution in [2.24, 2.45) is 0 Å². The first kappa shape index (κ1) is 28.4. The fourth-order valence-electron chi connectivity index (χ4n) is 4.32. The second-order valence-corrected chi connectivity index (χ2v) is 9.61. The monoisotopic (exact) mass is 502 g/mol. The summed E-state index contributed by atoms with van der Waals surface area (Å²) in [5.74, 6) is 0.970. The Morgan fingerprint density at radius 1 is 0.730 bits per heavy atom. The van der Waals surface area contributed by atoms with E-state index < -0.39 is 6.10 Å². The largest absolute Gasteiger partial charge is 0.479 e. The maximum Gasteiger partial charge on any atom is 0.347 e. The van der Waals surface area contributed by atoms with E-state index in [0.29, 0.717) is 12.4 Å². The highest BCUT2D eigenvalue weighted by molar-refractivity contribution is 5.74. The number of ether oxygens (including phenoxy) is 2. The molecule has 3 rings (SSSR count). The van der Waals surface area contributed by atoms with Gasteiger partial charge in [-0.05, 0) is 49.9 Å². The fourth-order valence-corrected chi connectivity index (χ4v) is 4.32. The van der Waals surface area contributed by atoms with Gasteiger partial charge in [0.2, 0.25) is 0 Å². The quantitative estimate of drug-likeness (QED) is 0.146. The van der Waals surface area contributed by atoms with Crippen molar-refractivity contribution in [3.63, 3.8) is 0 Å². The van der Waals surface area contributed by atoms with E-state index in [1.807, 2.05) is 36.7 Å². The lowest BCUT2D eigenvalue weighted by molar-refractivity contribution is -0.150. The maximum absolute atomic E-state index is 11.8. The van der Waals surface area contributed by atoms with Gasteiger partial charge in [0.05, 0.1) is 6.61 Å². The van der Waals surface area contributed by atoms with Gasteiger partial charge in [0.25, 0.3) is 0 Å². The third-order valence-corrected chi connectivity index (χ3v) is 6.55. The lowest BCUT2D eigenvalue weighted by Gasteiger charge is -2.13. The van der Waals surface area contributed by atoms with Crippen LogP contribution in [0.1, 0.15) is 84.1 Å². The van der Waals surface area contributed by atoms with E-state index in [4.69, 9.17) is 9.47 Å². The third kappa shape index (κ3) is 9.64. The van der Waals surface area contributed by atoms with Crippen LogP contribution in [0.5, 0.6) is 5.75 Å². The molecule has 0 saturated heterocycles. The van der Waals surface area contributed by atoms with Gasteiger partial charge in [0.1, 0.15) is 5.75 Å². The van der Waals surface area contributed by atoms with Gasteiger partial charge in [0, 0.05) is 23.5 Å². The standard InChI is InChI=1S/C32H42N2O3/c1-4-6-7-8-9-10-11-12-13-14-26-15-17-28(18-16-26)31-33-23-29(24-34-31)27-19-21-30(22-20-27)37-25(3)32(35)36-5-2/h15-25H,4-14H2,1-3H3. The first-order valence-electron chi connectivity index (χ1n) is 14.0. The molecule has 0 spiro atoms. The average molecular weight is 503 g/mol. The highest BCUT2D eigenvalue weighted by Gasteiger charge is 2.15. The topological polar surface area (TPSA) is 61.3 Å². The van der Waals surface area contributed by atoms with Gasteiger partial charge in [-0.15, -0.1) is 0 Å². The predicted octanol–water partition coefficient (Wildman–Crippen LogP) is 8.21. The minimum atomic E-state index is -0.648. The molecule has 1 atom stereocenters. The van der Waals surface area contributed by atoms with Crippen molar-refractivity contribution < 1.29 is 14.3 Å². The lowest BCUT2D eigenvalue weighted by Crippen LogP contribution is -2.25. The van der Waals surface area contributed by atoms with Crippen molar-refractivity contribution in [3.8, 4) is 28.3 Å². The van der Waals surface area contributed by atoms with Crippen LogP contribution in [0, 0.1) is 0 Å². The van der Waals surface area contributed by atoms with Crippen LogP contribution in [-0.2, 0) is 16.0 Å². The molecule has 0 aliphatic rings. The molecule has 0 aliphatic carbocycles. The average Bonchev–Trinajstić information content (AvgIpc) is 2.93. The molecule has 37 heavy (non-hydrogen) atoms. The van der Waals surface area contributed by atoms with Crippen LogP contribution in [0.15, 0.2) is 60.9 Å². The Morgan fingerprint density at radius 3 is 1.89 bits per heavy atom. The minimum absolute atomic E-state index is 0.338. The molecule has 5 heteroatoms. The first-order valence-corrected chi connectivity index (χ1v) is 14.0. The molecule has 0 radical (unpaired) electrons. The van der Waals surface area contributed by atoms with Crippen LogP contribution in [0.2, 0.25) is 0 Å². The third-order valence-electron chi connectivity index (χ3n) is 6.55. The molecule has 1 aromatic heterocycles. The summed E-state index contributed by atoms with van der Waals surface area (Å²) in [6.07, 6.45) is 16.4. The van der Waals surface area contributed by atoms with Gasteiger partial charge in [-0.25, -0.2) is 14.8 Å². The summed E-state index contributed by atoms with van der Waals surface area (Å²) < 4.78 is 10.6. The molecule has 0 fully saturated rings. The molecule has 2 aromatic carbocycles. The number of esters is 1. The Bertz CT molecular complexity index is 1050. The van der Waals surface area contributed by atoms with Crippen LogP contribution >= 0.6 is 0 Å². The number of nitrogens with zero attached hydrogens (tertiary/aromatic N) is 2. The summed E-state index contributed by atoms with van der Waals surface area (Å²) in [7, 11) is 0. The summed E-state index contributed by atoms with van der Waals surface area (Å²) in [5, 5.41) is 0. The second-order valence-electron chi connectivity index (χ2n) is 9.61. The minimum Gasteiger partial charge on any atom is -0.479 e. The van der Waals surface area contributed by atoms with Gasteiger partial charge < -0.3 is 9.47 Å². The van der Waals surface area contributed by atoms with E-state index in [-0.39, 0.29) is 5.97 Å². The highest BCUT2D eigenvalue weighted by atomic mass is 16.6. The number of carbonyl (C=O) groups is 1. The van der Waals surface area contributed by atoms with Gasteiger partial charge in [0.15, 0.2) is 11.9 Å². The van der Waals surface area contributed by atoms with Gasteiger partial charge >= 0.3 is 5.97 Å². The number of hydrogen-bond donors (Lipinski definition) is 0. The van der Waals surface area contributed by atoms with Crippen LogP contribution < -0.4 is 4.74 Å². The SMILES string of the molecule is CCCCCCCCCCCc1ccc(-c2ncc(-c3ccc(OC(C)C(=O)OCC)cc3)cn2)cc1. The Kier molecular flexibility index (Phi) is 12.1. The van der Waals surface area contributed by atoms with Crippen LogP contribution in [0.3, 0.4) is 0 Å². The van der Waals surface area contributed by atoms with Gasteiger partial charge in [-0.1, -0.05) is 94.7 Å². The second kappa shape index (κ2) is 15.8. The van der Waals surface area contributed by atoms with E-state index in [2.05, 4.69) is 41.2 Å². The Labute approximate surface area is 222 Å². The zero-order chi connectivity index (χ0) is 26.3. The molecule has 0 saturated carbocycles. The predicted molar refractivity (Wildman–Crippen MR) is 151 cm³/mol. The van der Waals surface area contributed by atoms with Crippen molar-refractivity contribution in [1.29, 1.82) is 0 Å². The number of rotatable bonds is 16. The van der Waals surface area contributed by atoms with Crippen LogP contribution in [0.25, 0.3) is 22.5 Å². The zero-order valence-electron chi connectivity index (χ0n) is 22.7. The summed E-state index contributed by atoms with van der Waals surface area (Å²) in [4.78, 5) is 20.9. The first-order chi connectivity index (χ1) is 18.1. The van der Waals surface area contributed by atoms with Crippen molar-refractivity contribution in [2.45, 2.75) is 91.1 Å². The van der Waals surface area contributed by atoms with Gasteiger partial charge in [-0.2, -0.15) is 0 Å². The van der Waals surface area contributed by atoms with Crippen molar-refractivity contribution >= 4 is 5.97 Å². The Balaban J connectivity index is 1.45. The zero-order valence-corrected chi connectivity index (χ0v) is 22.7. The number of aromatic nitrogens is 2. The number of carbonyl (C=O) groups excluding carboxylic acids is 1. The summed E-state index contributed by atoms with van der Waals surface area (Å²) in [6, 6.07) is 16.2. The molecule has 0 aliphatic heterocycles. The number of hydrogen-bond acceptors (Lipinski definition) is 5. The lowest BCUT2D eigenvalue weighted by atomic mass is 10.0. The summed E-state index contributed by atoms with van der Waals surface area (Å²) in [6.45, 7) is 6.07. The normalized spacial score (nSPS) is 11.8. The summed E-state index contributed by atoms with van der Waals surface area (Å²) >= 11 is 0. The maximum atomic E-state index is 11.8. The summed E-state index contributed by atoms with van der Waals surface area (Å²) in [5.41, 5.74) is 4.32. The molecule has 0 bridgehead atoms. The number of benzene rings is 2. The molecule has 198 valence electrons. The van der Waals surface area contributed by atoms with Crippen molar-refractivity contribution in [3.05, 3.63) is 66.5 Å². The van der Waals surface area contributed by atoms with E-state index in [0.717, 1.165) is 28.9 Å². The van der Waals surface area contributed by atoms with E-state index in [1.165, 1.54) is 63.4 Å². The fraction of sp³-hybridized carbons (Fsp3) is 0.469. The highest BCUT2D eigenvalue weighted by Crippen LogP contribution is 2.24. The van der Waals surface area contributed by atoms with E-state index in [1.54, 1.807) is 13.8 Å².